The van der Waals surface area contributed by atoms with Crippen molar-refractivity contribution < 1.29 is 28.5 Å². The molecule has 6 heteroatoms. The first-order chi connectivity index (χ1) is 10.5. The lowest BCUT2D eigenvalue weighted by Gasteiger charge is -2.29. The van der Waals surface area contributed by atoms with E-state index < -0.39 is 18.0 Å². The predicted molar refractivity (Wildman–Crippen MR) is 78.1 cm³/mol. The number of esters is 1. The van der Waals surface area contributed by atoms with E-state index in [-0.39, 0.29) is 18.8 Å². The summed E-state index contributed by atoms with van der Waals surface area (Å²) >= 11 is 0. The minimum Gasteiger partial charge on any atom is -0.496 e. The highest BCUT2D eigenvalue weighted by atomic mass is 16.5. The molecular formula is C16H20O6. The van der Waals surface area contributed by atoms with Crippen LogP contribution < -0.4 is 9.47 Å². The number of ether oxygens (including phenoxy) is 4. The Hall–Kier alpha value is -2.08. The molecular weight excluding hydrogens is 288 g/mol. The van der Waals surface area contributed by atoms with Gasteiger partial charge in [0.15, 0.2) is 5.78 Å². The van der Waals surface area contributed by atoms with E-state index >= 15 is 0 Å². The number of benzene rings is 1. The molecule has 0 spiro atoms. The van der Waals surface area contributed by atoms with Crippen LogP contribution in [0.25, 0.3) is 0 Å². The van der Waals surface area contributed by atoms with Gasteiger partial charge >= 0.3 is 5.97 Å². The first kappa shape index (κ1) is 16.3. The maximum absolute atomic E-state index is 12.1. The van der Waals surface area contributed by atoms with Gasteiger partial charge < -0.3 is 18.9 Å². The van der Waals surface area contributed by atoms with Gasteiger partial charge in [-0.15, -0.1) is 0 Å². The van der Waals surface area contributed by atoms with Crippen LogP contribution in [0.3, 0.4) is 0 Å². The Kier molecular flexibility index (Phi) is 5.03. The van der Waals surface area contributed by atoms with E-state index in [1.807, 2.05) is 6.92 Å². The molecule has 1 heterocycles. The van der Waals surface area contributed by atoms with Gasteiger partial charge in [-0.2, -0.15) is 0 Å². The molecule has 0 aliphatic carbocycles. The van der Waals surface area contributed by atoms with Crippen molar-refractivity contribution in [3.05, 3.63) is 23.3 Å². The molecule has 0 saturated carbocycles. The van der Waals surface area contributed by atoms with Crippen molar-refractivity contribution >= 4 is 11.8 Å². The van der Waals surface area contributed by atoms with Crippen LogP contribution in [0.15, 0.2) is 12.1 Å². The Morgan fingerprint density at radius 1 is 1.18 bits per heavy atom. The average molecular weight is 308 g/mol. The van der Waals surface area contributed by atoms with Gasteiger partial charge in [0.25, 0.3) is 0 Å². The number of hydrogen-bond acceptors (Lipinski definition) is 6. The van der Waals surface area contributed by atoms with Crippen molar-refractivity contribution in [1.29, 1.82) is 0 Å². The molecule has 6 nitrogen and oxygen atoms in total. The number of carbonyl (C=O) groups is 2. The number of rotatable bonds is 4. The summed E-state index contributed by atoms with van der Waals surface area (Å²) < 4.78 is 21.1. The third kappa shape index (κ3) is 2.92. The molecule has 2 rings (SSSR count). The molecule has 0 aromatic heterocycles. The van der Waals surface area contributed by atoms with E-state index in [4.69, 9.17) is 18.9 Å². The van der Waals surface area contributed by atoms with Crippen LogP contribution in [0.5, 0.6) is 11.5 Å². The zero-order valence-corrected chi connectivity index (χ0v) is 13.2. The Morgan fingerprint density at radius 3 is 2.27 bits per heavy atom. The fraction of sp³-hybridized carbons (Fsp3) is 0.500. The standard InChI is InChI=1S/C16H20O6/c1-9-12(19-2)7-10(8-13(9)20-3)15-14(16(18)21-4)11(17)5-6-22-15/h7-8,14-15H,5-6H2,1-4H3/t14-,15+/m0/s1. The minimum absolute atomic E-state index is 0.179. The molecule has 0 unspecified atom stereocenters. The lowest BCUT2D eigenvalue weighted by atomic mass is 9.88. The smallest absolute Gasteiger partial charge is 0.319 e. The quantitative estimate of drug-likeness (QED) is 0.624. The number of carbonyl (C=O) groups excluding carboxylic acids is 2. The first-order valence-electron chi connectivity index (χ1n) is 6.98. The summed E-state index contributed by atoms with van der Waals surface area (Å²) in [6.07, 6.45) is -0.492. The zero-order valence-electron chi connectivity index (χ0n) is 13.2. The van der Waals surface area contributed by atoms with Crippen LogP contribution >= 0.6 is 0 Å². The largest absolute Gasteiger partial charge is 0.496 e. The van der Waals surface area contributed by atoms with Crippen LogP contribution in [-0.2, 0) is 19.1 Å². The monoisotopic (exact) mass is 308 g/mol. The van der Waals surface area contributed by atoms with Gasteiger partial charge in [-0.25, -0.2) is 0 Å². The van der Waals surface area contributed by atoms with Gasteiger partial charge in [0.2, 0.25) is 0 Å². The van der Waals surface area contributed by atoms with Gasteiger partial charge in [-0.05, 0) is 24.6 Å². The maximum Gasteiger partial charge on any atom is 0.319 e. The molecule has 1 aliphatic heterocycles. The van der Waals surface area contributed by atoms with Crippen molar-refractivity contribution in [3.8, 4) is 11.5 Å². The normalized spacial score (nSPS) is 21.4. The first-order valence-corrected chi connectivity index (χ1v) is 6.98. The summed E-state index contributed by atoms with van der Waals surface area (Å²) in [4.78, 5) is 24.1. The molecule has 1 aromatic carbocycles. The van der Waals surface area contributed by atoms with Crippen molar-refractivity contribution in [3.63, 3.8) is 0 Å². The van der Waals surface area contributed by atoms with E-state index in [1.165, 1.54) is 7.11 Å². The SMILES string of the molecule is COC(=O)[C@H]1C(=O)CCO[C@@H]1c1cc(OC)c(C)c(OC)c1. The van der Waals surface area contributed by atoms with Crippen LogP contribution in [0.4, 0.5) is 0 Å². The Bertz CT molecular complexity index is 547. The Labute approximate surface area is 129 Å². The predicted octanol–water partition coefficient (Wildman–Crippen LogP) is 1.83. The van der Waals surface area contributed by atoms with Crippen LogP contribution in [0.2, 0.25) is 0 Å². The second-order valence-electron chi connectivity index (χ2n) is 5.06. The van der Waals surface area contributed by atoms with Gasteiger partial charge in [-0.1, -0.05) is 0 Å². The number of ketones is 1. The number of hydrogen-bond donors (Lipinski definition) is 0. The highest BCUT2D eigenvalue weighted by Gasteiger charge is 2.40. The molecule has 22 heavy (non-hydrogen) atoms. The highest BCUT2D eigenvalue weighted by Crippen LogP contribution is 2.38. The average Bonchev–Trinajstić information content (AvgIpc) is 2.54. The molecule has 1 saturated heterocycles. The zero-order chi connectivity index (χ0) is 16.3. The fourth-order valence-corrected chi connectivity index (χ4v) is 2.65. The number of Topliss-reactive ketones (excluding diaryl/α,β-unsaturated/α-hetero) is 1. The van der Waals surface area contributed by atoms with Gasteiger partial charge in [-0.3, -0.25) is 9.59 Å². The lowest BCUT2D eigenvalue weighted by molar-refractivity contribution is -0.161. The Balaban J connectivity index is 2.47. The summed E-state index contributed by atoms with van der Waals surface area (Å²) in [5.74, 6) is -0.509. The summed E-state index contributed by atoms with van der Waals surface area (Å²) in [5.41, 5.74) is 1.49. The molecule has 0 bridgehead atoms. The molecule has 1 aliphatic rings. The molecule has 1 aromatic rings. The third-order valence-electron chi connectivity index (χ3n) is 3.85. The maximum atomic E-state index is 12.1. The Morgan fingerprint density at radius 2 is 1.77 bits per heavy atom. The fourth-order valence-electron chi connectivity index (χ4n) is 2.65. The molecule has 1 fully saturated rings. The van der Waals surface area contributed by atoms with Crippen LogP contribution in [-0.4, -0.2) is 39.7 Å². The molecule has 0 radical (unpaired) electrons. The molecule has 120 valence electrons. The minimum atomic E-state index is -0.962. The lowest BCUT2D eigenvalue weighted by Crippen LogP contribution is -2.37. The highest BCUT2D eigenvalue weighted by molar-refractivity contribution is 6.00. The summed E-state index contributed by atoms with van der Waals surface area (Å²) in [6, 6.07) is 3.52. The van der Waals surface area contributed by atoms with Gasteiger partial charge in [0.05, 0.1) is 27.9 Å². The number of methoxy groups -OCH3 is 3. The summed E-state index contributed by atoms with van der Waals surface area (Å²) in [6.45, 7) is 2.14. The van der Waals surface area contributed by atoms with Gasteiger partial charge in [0.1, 0.15) is 23.5 Å². The third-order valence-corrected chi connectivity index (χ3v) is 3.85. The second kappa shape index (κ2) is 6.79. The van der Waals surface area contributed by atoms with Crippen molar-refractivity contribution in [2.75, 3.05) is 27.9 Å². The van der Waals surface area contributed by atoms with E-state index in [0.29, 0.717) is 17.1 Å². The van der Waals surface area contributed by atoms with Gasteiger partial charge in [0, 0.05) is 12.0 Å². The summed E-state index contributed by atoms with van der Waals surface area (Å²) in [7, 11) is 4.37. The van der Waals surface area contributed by atoms with Crippen molar-refractivity contribution in [2.45, 2.75) is 19.4 Å². The van der Waals surface area contributed by atoms with E-state index in [0.717, 1.165) is 5.56 Å². The van der Waals surface area contributed by atoms with Crippen LogP contribution in [0, 0.1) is 12.8 Å². The molecule has 0 amide bonds. The second-order valence-corrected chi connectivity index (χ2v) is 5.06. The molecule has 0 N–H and O–H groups in total. The van der Waals surface area contributed by atoms with E-state index in [1.54, 1.807) is 26.4 Å². The van der Waals surface area contributed by atoms with Crippen molar-refractivity contribution in [2.24, 2.45) is 5.92 Å². The van der Waals surface area contributed by atoms with Crippen molar-refractivity contribution in [1.82, 2.24) is 0 Å². The van der Waals surface area contributed by atoms with E-state index in [9.17, 15) is 9.59 Å². The molecule has 2 atom stereocenters. The summed E-state index contributed by atoms with van der Waals surface area (Å²) in [5, 5.41) is 0. The van der Waals surface area contributed by atoms with Crippen LogP contribution in [0.1, 0.15) is 23.7 Å². The topological polar surface area (TPSA) is 71.1 Å². The van der Waals surface area contributed by atoms with E-state index in [2.05, 4.69) is 0 Å².